The molecule has 0 aliphatic carbocycles. The predicted molar refractivity (Wildman–Crippen MR) is 106 cm³/mol. The van der Waals surface area contributed by atoms with Crippen molar-refractivity contribution in [2.24, 2.45) is 4.99 Å². The summed E-state index contributed by atoms with van der Waals surface area (Å²) in [5.41, 5.74) is 10.7. The fraction of sp³-hybridized carbons (Fsp3) is 0.143. The van der Waals surface area contributed by atoms with E-state index in [1.54, 1.807) is 19.3 Å². The lowest BCUT2D eigenvalue weighted by Gasteiger charge is -2.15. The molecule has 0 saturated heterocycles. The quantitative estimate of drug-likeness (QED) is 0.371. The highest BCUT2D eigenvalue weighted by Gasteiger charge is 2.12. The first kappa shape index (κ1) is 18.9. The molecule has 0 atom stereocenters. The van der Waals surface area contributed by atoms with E-state index in [-0.39, 0.29) is 5.56 Å². The summed E-state index contributed by atoms with van der Waals surface area (Å²) in [5.74, 6) is -0.543. The Bertz CT molecular complexity index is 934. The van der Waals surface area contributed by atoms with Crippen molar-refractivity contribution in [2.75, 3.05) is 19.8 Å². The van der Waals surface area contributed by atoms with Crippen LogP contribution in [-0.2, 0) is 0 Å². The van der Waals surface area contributed by atoms with Gasteiger partial charge in [0, 0.05) is 42.8 Å². The van der Waals surface area contributed by atoms with Crippen LogP contribution in [0.1, 0.15) is 29.2 Å². The van der Waals surface area contributed by atoms with Crippen molar-refractivity contribution in [3.63, 3.8) is 0 Å². The van der Waals surface area contributed by atoms with Crippen LogP contribution in [0.25, 0.3) is 11.3 Å². The minimum atomic E-state index is -0.543. The minimum Gasteiger partial charge on any atom is -0.398 e. The third-order valence-electron chi connectivity index (χ3n) is 3.90. The molecule has 0 radical (unpaired) electrons. The van der Waals surface area contributed by atoms with Crippen LogP contribution in [0.4, 0.5) is 10.1 Å². The van der Waals surface area contributed by atoms with Crippen LogP contribution in [-0.4, -0.2) is 20.3 Å². The molecular weight excluding hydrogens is 327 g/mol. The normalized spacial score (nSPS) is 12.3. The molecule has 2 rings (SSSR count). The molecule has 0 bridgehead atoms. The summed E-state index contributed by atoms with van der Waals surface area (Å²) in [7, 11) is 3.49. The Morgan fingerprint density at radius 2 is 1.96 bits per heavy atom. The number of nitriles is 1. The number of aliphatic imine (C=N–C) groups is 1. The van der Waals surface area contributed by atoms with Gasteiger partial charge in [0.15, 0.2) is 0 Å². The molecule has 132 valence electrons. The molecule has 0 saturated carbocycles. The first-order valence-electron chi connectivity index (χ1n) is 8.12. The van der Waals surface area contributed by atoms with Gasteiger partial charge >= 0.3 is 0 Å². The fourth-order valence-electron chi connectivity index (χ4n) is 2.68. The number of anilines is 1. The van der Waals surface area contributed by atoms with Gasteiger partial charge < -0.3 is 11.1 Å². The van der Waals surface area contributed by atoms with E-state index in [1.165, 1.54) is 12.1 Å². The van der Waals surface area contributed by atoms with Crippen LogP contribution < -0.4 is 11.1 Å². The molecule has 5 heteroatoms. The SMILES string of the molecule is C/C=C/C(=C(\NC)c1ccc(N)c(C=NC)c1)c1ccc(C#N)c(F)c1. The third kappa shape index (κ3) is 3.98. The summed E-state index contributed by atoms with van der Waals surface area (Å²) in [4.78, 5) is 4.03. The Labute approximate surface area is 153 Å². The molecule has 0 amide bonds. The van der Waals surface area contributed by atoms with Crippen molar-refractivity contribution in [3.8, 4) is 6.07 Å². The van der Waals surface area contributed by atoms with E-state index in [1.807, 2.05) is 50.4 Å². The number of hydrogen-bond donors (Lipinski definition) is 2. The lowest BCUT2D eigenvalue weighted by atomic mass is 9.96. The van der Waals surface area contributed by atoms with Gasteiger partial charge in [0.25, 0.3) is 0 Å². The molecule has 0 fully saturated rings. The van der Waals surface area contributed by atoms with Gasteiger partial charge in [-0.2, -0.15) is 5.26 Å². The molecule has 3 N–H and O–H groups in total. The zero-order valence-electron chi connectivity index (χ0n) is 15.0. The number of nitrogens with two attached hydrogens (primary N) is 1. The Hall–Kier alpha value is -3.39. The minimum absolute atomic E-state index is 0.0218. The van der Waals surface area contributed by atoms with E-state index in [9.17, 15) is 4.39 Å². The average molecular weight is 348 g/mol. The first-order chi connectivity index (χ1) is 12.5. The number of hydrogen-bond acceptors (Lipinski definition) is 4. The maximum absolute atomic E-state index is 14.1. The van der Waals surface area contributed by atoms with E-state index in [4.69, 9.17) is 11.0 Å². The molecule has 0 spiro atoms. The predicted octanol–water partition coefficient (Wildman–Crippen LogP) is 3.99. The van der Waals surface area contributed by atoms with E-state index < -0.39 is 5.82 Å². The van der Waals surface area contributed by atoms with Crippen molar-refractivity contribution in [2.45, 2.75) is 6.92 Å². The number of nitrogens with zero attached hydrogens (tertiary/aromatic N) is 2. The van der Waals surface area contributed by atoms with Gasteiger partial charge in [-0.15, -0.1) is 0 Å². The van der Waals surface area contributed by atoms with E-state index >= 15 is 0 Å². The van der Waals surface area contributed by atoms with E-state index in [2.05, 4.69) is 10.3 Å². The van der Waals surface area contributed by atoms with Gasteiger partial charge in [-0.3, -0.25) is 4.99 Å². The second-order valence-corrected chi connectivity index (χ2v) is 5.58. The third-order valence-corrected chi connectivity index (χ3v) is 3.90. The van der Waals surface area contributed by atoms with Crippen LogP contribution in [0.15, 0.2) is 53.5 Å². The summed E-state index contributed by atoms with van der Waals surface area (Å²) >= 11 is 0. The summed E-state index contributed by atoms with van der Waals surface area (Å²) in [6.07, 6.45) is 5.48. The maximum Gasteiger partial charge on any atom is 0.141 e. The molecule has 0 aliphatic heterocycles. The first-order valence-corrected chi connectivity index (χ1v) is 8.12. The molecular formula is C21H21FN4. The van der Waals surface area contributed by atoms with E-state index in [0.29, 0.717) is 11.3 Å². The van der Waals surface area contributed by atoms with Gasteiger partial charge in [-0.25, -0.2) is 4.39 Å². The fourth-order valence-corrected chi connectivity index (χ4v) is 2.68. The summed E-state index contributed by atoms with van der Waals surface area (Å²) < 4.78 is 14.1. The van der Waals surface area contributed by atoms with Gasteiger partial charge in [0.1, 0.15) is 11.9 Å². The number of halogens is 1. The molecule has 0 aliphatic rings. The highest BCUT2D eigenvalue weighted by atomic mass is 19.1. The maximum atomic E-state index is 14.1. The number of nitrogen functional groups attached to an aromatic ring is 1. The molecule has 4 nitrogen and oxygen atoms in total. The lowest BCUT2D eigenvalue weighted by Crippen LogP contribution is -2.08. The van der Waals surface area contributed by atoms with Crippen LogP contribution in [0.2, 0.25) is 0 Å². The zero-order chi connectivity index (χ0) is 19.1. The Morgan fingerprint density at radius 1 is 1.23 bits per heavy atom. The summed E-state index contributed by atoms with van der Waals surface area (Å²) in [5, 5.41) is 12.1. The molecule has 2 aromatic carbocycles. The average Bonchev–Trinajstić information content (AvgIpc) is 2.64. The summed E-state index contributed by atoms with van der Waals surface area (Å²) in [6.45, 7) is 1.89. The van der Waals surface area contributed by atoms with Crippen LogP contribution in [0, 0.1) is 17.1 Å². The Kier molecular flexibility index (Phi) is 6.29. The molecule has 0 heterocycles. The standard InChI is InChI=1S/C21H21FN4/c1-4-5-18(14-6-7-16(12-23)19(22)11-14)21(26-3)15-8-9-20(24)17(10-15)13-25-2/h4-11,13,26H,24H2,1-3H3/b5-4+,21-18+,25-13?. The van der Waals surface area contributed by atoms with Crippen molar-refractivity contribution < 1.29 is 4.39 Å². The van der Waals surface area contributed by atoms with Crippen molar-refractivity contribution in [3.05, 3.63) is 76.6 Å². The van der Waals surface area contributed by atoms with Crippen molar-refractivity contribution in [1.29, 1.82) is 5.26 Å². The van der Waals surface area contributed by atoms with E-state index in [0.717, 1.165) is 22.4 Å². The molecule has 0 unspecified atom stereocenters. The molecule has 26 heavy (non-hydrogen) atoms. The van der Waals surface area contributed by atoms with Gasteiger partial charge in [-0.1, -0.05) is 24.3 Å². The second kappa shape index (κ2) is 8.63. The number of nitrogens with one attached hydrogen (secondary N) is 1. The van der Waals surface area contributed by atoms with Crippen LogP contribution in [0.3, 0.4) is 0 Å². The number of allylic oxidation sites excluding steroid dienone is 3. The Morgan fingerprint density at radius 3 is 2.54 bits per heavy atom. The highest BCUT2D eigenvalue weighted by molar-refractivity contribution is 5.97. The monoisotopic (exact) mass is 348 g/mol. The second-order valence-electron chi connectivity index (χ2n) is 5.58. The van der Waals surface area contributed by atoms with Gasteiger partial charge in [0.05, 0.1) is 5.56 Å². The number of rotatable bonds is 5. The van der Waals surface area contributed by atoms with Gasteiger partial charge in [-0.05, 0) is 42.3 Å². The largest absolute Gasteiger partial charge is 0.398 e. The molecule has 0 aromatic heterocycles. The van der Waals surface area contributed by atoms with Gasteiger partial charge in [0.2, 0.25) is 0 Å². The molecule has 2 aromatic rings. The summed E-state index contributed by atoms with van der Waals surface area (Å²) in [6, 6.07) is 12.1. The topological polar surface area (TPSA) is 74.2 Å². The lowest BCUT2D eigenvalue weighted by molar-refractivity contribution is 0.623. The Balaban J connectivity index is 2.71. The van der Waals surface area contributed by atoms with Crippen LogP contribution in [0.5, 0.6) is 0 Å². The van der Waals surface area contributed by atoms with Crippen molar-refractivity contribution in [1.82, 2.24) is 5.32 Å². The highest BCUT2D eigenvalue weighted by Crippen LogP contribution is 2.28. The zero-order valence-corrected chi connectivity index (χ0v) is 15.0. The van der Waals surface area contributed by atoms with Crippen molar-refractivity contribution >= 4 is 23.2 Å². The number of benzene rings is 2. The smallest absolute Gasteiger partial charge is 0.141 e. The van der Waals surface area contributed by atoms with Crippen LogP contribution >= 0.6 is 0 Å².